The summed E-state index contributed by atoms with van der Waals surface area (Å²) in [5.74, 6) is 0. The van der Waals surface area contributed by atoms with E-state index in [1.54, 1.807) is 0 Å². The standard InChI is InChI=1S/C13H19N5.ClH/c1-11-4-2-3-5-13(11)18-9-8-15-12(10-18)6-7-16-17-14;/h2-5,12,15H,6-10H2,1H3;1H. The van der Waals surface area contributed by atoms with Crippen LogP contribution in [0.5, 0.6) is 0 Å². The highest BCUT2D eigenvalue weighted by molar-refractivity contribution is 5.85. The molecule has 1 aliphatic heterocycles. The molecule has 1 unspecified atom stereocenters. The summed E-state index contributed by atoms with van der Waals surface area (Å²) >= 11 is 0. The molecule has 104 valence electrons. The summed E-state index contributed by atoms with van der Waals surface area (Å²) in [5.41, 5.74) is 10.9. The molecule has 0 saturated carbocycles. The Kier molecular flexibility index (Phi) is 6.50. The number of hydrogen-bond acceptors (Lipinski definition) is 3. The molecule has 5 nitrogen and oxygen atoms in total. The van der Waals surface area contributed by atoms with Gasteiger partial charge in [-0.1, -0.05) is 23.3 Å². The first kappa shape index (κ1) is 15.6. The number of hydrogen-bond donors (Lipinski definition) is 1. The van der Waals surface area contributed by atoms with Gasteiger partial charge in [0, 0.05) is 42.8 Å². The lowest BCUT2D eigenvalue weighted by atomic mass is 10.1. The molecule has 1 aromatic rings. The van der Waals surface area contributed by atoms with Crippen LogP contribution in [0, 0.1) is 6.92 Å². The average molecular weight is 282 g/mol. The van der Waals surface area contributed by atoms with Gasteiger partial charge >= 0.3 is 0 Å². The fourth-order valence-corrected chi connectivity index (χ4v) is 2.41. The molecule has 1 heterocycles. The molecule has 1 N–H and O–H groups in total. The SMILES string of the molecule is Cc1ccccc1N1CCNC(CCN=[N+]=[N-])C1.Cl. The third-order valence-corrected chi connectivity index (χ3v) is 3.35. The third-order valence-electron chi connectivity index (χ3n) is 3.35. The van der Waals surface area contributed by atoms with E-state index >= 15 is 0 Å². The summed E-state index contributed by atoms with van der Waals surface area (Å²) in [7, 11) is 0. The number of piperazine rings is 1. The Bertz CT molecular complexity index is 444. The van der Waals surface area contributed by atoms with Gasteiger partial charge in [-0.2, -0.15) is 0 Å². The van der Waals surface area contributed by atoms with Crippen LogP contribution in [-0.4, -0.2) is 32.2 Å². The molecule has 2 rings (SSSR count). The number of rotatable bonds is 4. The summed E-state index contributed by atoms with van der Waals surface area (Å²) in [4.78, 5) is 5.20. The maximum absolute atomic E-state index is 8.29. The van der Waals surface area contributed by atoms with Crippen LogP contribution in [0.3, 0.4) is 0 Å². The first-order chi connectivity index (χ1) is 8.81. The molecule has 0 radical (unpaired) electrons. The minimum atomic E-state index is 0. The minimum Gasteiger partial charge on any atom is -0.368 e. The monoisotopic (exact) mass is 281 g/mol. The first-order valence-corrected chi connectivity index (χ1v) is 6.36. The van der Waals surface area contributed by atoms with Crippen molar-refractivity contribution in [1.82, 2.24) is 5.32 Å². The van der Waals surface area contributed by atoms with Crippen molar-refractivity contribution in [3.05, 3.63) is 40.3 Å². The largest absolute Gasteiger partial charge is 0.368 e. The lowest BCUT2D eigenvalue weighted by molar-refractivity contribution is 0.438. The highest BCUT2D eigenvalue weighted by atomic mass is 35.5. The Morgan fingerprint density at radius 3 is 3.00 bits per heavy atom. The van der Waals surface area contributed by atoms with E-state index in [0.29, 0.717) is 12.6 Å². The van der Waals surface area contributed by atoms with Gasteiger partial charge in [0.05, 0.1) is 0 Å². The number of anilines is 1. The number of para-hydroxylation sites is 1. The van der Waals surface area contributed by atoms with Gasteiger partial charge in [-0.25, -0.2) is 0 Å². The average Bonchev–Trinajstić information content (AvgIpc) is 2.40. The molecule has 1 aliphatic rings. The molecule has 19 heavy (non-hydrogen) atoms. The zero-order valence-corrected chi connectivity index (χ0v) is 11.9. The number of nitrogens with zero attached hydrogens (tertiary/aromatic N) is 4. The number of benzene rings is 1. The Labute approximate surface area is 120 Å². The molecule has 0 bridgehead atoms. The van der Waals surface area contributed by atoms with E-state index in [-0.39, 0.29) is 12.4 Å². The van der Waals surface area contributed by atoms with Gasteiger partial charge in [0.15, 0.2) is 0 Å². The van der Waals surface area contributed by atoms with E-state index in [1.165, 1.54) is 11.3 Å². The van der Waals surface area contributed by atoms with E-state index in [4.69, 9.17) is 5.53 Å². The van der Waals surface area contributed by atoms with Crippen LogP contribution in [0.15, 0.2) is 29.4 Å². The Hall–Kier alpha value is -1.42. The van der Waals surface area contributed by atoms with Crippen LogP contribution >= 0.6 is 12.4 Å². The van der Waals surface area contributed by atoms with Crippen molar-refractivity contribution < 1.29 is 0 Å². The number of aryl methyl sites for hydroxylation is 1. The molecular weight excluding hydrogens is 262 g/mol. The Morgan fingerprint density at radius 2 is 2.26 bits per heavy atom. The van der Waals surface area contributed by atoms with E-state index < -0.39 is 0 Å². The summed E-state index contributed by atoms with van der Waals surface area (Å²) < 4.78 is 0. The highest BCUT2D eigenvalue weighted by Crippen LogP contribution is 2.20. The van der Waals surface area contributed by atoms with Gasteiger partial charge in [0.1, 0.15) is 0 Å². The zero-order chi connectivity index (χ0) is 12.8. The Balaban J connectivity index is 0.00000180. The van der Waals surface area contributed by atoms with Crippen molar-refractivity contribution in [2.45, 2.75) is 19.4 Å². The van der Waals surface area contributed by atoms with E-state index in [0.717, 1.165) is 26.1 Å². The van der Waals surface area contributed by atoms with Crippen molar-refractivity contribution in [3.8, 4) is 0 Å². The van der Waals surface area contributed by atoms with Gasteiger partial charge in [0.25, 0.3) is 0 Å². The number of halogens is 1. The molecule has 1 fully saturated rings. The van der Waals surface area contributed by atoms with Crippen LogP contribution in [-0.2, 0) is 0 Å². The zero-order valence-electron chi connectivity index (χ0n) is 11.1. The molecule has 0 aromatic heterocycles. The van der Waals surface area contributed by atoms with E-state index in [2.05, 4.69) is 51.4 Å². The van der Waals surface area contributed by atoms with Gasteiger partial charge in [-0.05, 0) is 30.5 Å². The van der Waals surface area contributed by atoms with Gasteiger partial charge in [0.2, 0.25) is 0 Å². The summed E-state index contributed by atoms with van der Waals surface area (Å²) in [5, 5.41) is 7.08. The van der Waals surface area contributed by atoms with Crippen molar-refractivity contribution in [1.29, 1.82) is 0 Å². The third kappa shape index (κ3) is 4.31. The van der Waals surface area contributed by atoms with Crippen molar-refractivity contribution in [2.75, 3.05) is 31.1 Å². The lowest BCUT2D eigenvalue weighted by Crippen LogP contribution is -2.51. The second kappa shape index (κ2) is 7.89. The van der Waals surface area contributed by atoms with Gasteiger partial charge in [-0.15, -0.1) is 12.4 Å². The van der Waals surface area contributed by atoms with E-state index in [1.807, 2.05) is 0 Å². The fourth-order valence-electron chi connectivity index (χ4n) is 2.41. The molecule has 0 aliphatic carbocycles. The predicted octanol–water partition coefficient (Wildman–Crippen LogP) is 2.90. The number of nitrogens with one attached hydrogen (secondary N) is 1. The van der Waals surface area contributed by atoms with Crippen molar-refractivity contribution in [3.63, 3.8) is 0 Å². The van der Waals surface area contributed by atoms with Gasteiger partial charge in [-0.3, -0.25) is 0 Å². The molecule has 1 atom stereocenters. The van der Waals surface area contributed by atoms with Crippen LogP contribution in [0.4, 0.5) is 5.69 Å². The Morgan fingerprint density at radius 1 is 1.47 bits per heavy atom. The van der Waals surface area contributed by atoms with Crippen LogP contribution in [0.25, 0.3) is 10.4 Å². The maximum atomic E-state index is 8.29. The summed E-state index contributed by atoms with van der Waals surface area (Å²) in [6, 6.07) is 8.88. The van der Waals surface area contributed by atoms with Crippen LogP contribution < -0.4 is 10.2 Å². The maximum Gasteiger partial charge on any atom is 0.0396 e. The van der Waals surface area contributed by atoms with Gasteiger partial charge < -0.3 is 10.2 Å². The number of azide groups is 1. The summed E-state index contributed by atoms with van der Waals surface area (Å²) in [6.45, 7) is 5.70. The predicted molar refractivity (Wildman–Crippen MR) is 81.1 cm³/mol. The van der Waals surface area contributed by atoms with Crippen molar-refractivity contribution >= 4 is 18.1 Å². The minimum absolute atomic E-state index is 0. The van der Waals surface area contributed by atoms with Crippen LogP contribution in [0.1, 0.15) is 12.0 Å². The topological polar surface area (TPSA) is 64.0 Å². The van der Waals surface area contributed by atoms with Crippen LogP contribution in [0.2, 0.25) is 0 Å². The second-order valence-electron chi connectivity index (χ2n) is 4.63. The van der Waals surface area contributed by atoms with Crippen molar-refractivity contribution in [2.24, 2.45) is 5.11 Å². The highest BCUT2D eigenvalue weighted by Gasteiger charge is 2.19. The van der Waals surface area contributed by atoms with E-state index in [9.17, 15) is 0 Å². The molecule has 1 aromatic carbocycles. The molecule has 1 saturated heterocycles. The lowest BCUT2D eigenvalue weighted by Gasteiger charge is -2.36. The normalized spacial score (nSPS) is 18.4. The molecular formula is C13H20ClN5. The molecule has 0 amide bonds. The fraction of sp³-hybridized carbons (Fsp3) is 0.538. The quantitative estimate of drug-likeness (QED) is 0.524. The summed E-state index contributed by atoms with van der Waals surface area (Å²) in [6.07, 6.45) is 0.895. The smallest absolute Gasteiger partial charge is 0.0396 e. The second-order valence-corrected chi connectivity index (χ2v) is 4.63. The molecule has 6 heteroatoms. The first-order valence-electron chi connectivity index (χ1n) is 6.36. The molecule has 0 spiro atoms.